The van der Waals surface area contributed by atoms with Crippen LogP contribution in [-0.4, -0.2) is 127 Å². The van der Waals surface area contributed by atoms with Crippen molar-refractivity contribution in [2.45, 2.75) is 80.7 Å². The molecule has 4 saturated heterocycles. The van der Waals surface area contributed by atoms with Crippen LogP contribution in [0.4, 0.5) is 34.6 Å². The van der Waals surface area contributed by atoms with E-state index in [1.807, 2.05) is 24.1 Å². The summed E-state index contributed by atoms with van der Waals surface area (Å²) in [5.74, 6) is -3.31. The van der Waals surface area contributed by atoms with Crippen LogP contribution in [0.3, 0.4) is 0 Å². The molecule has 1 aromatic heterocycles. The maximum Gasteiger partial charge on any atom is 0.433 e. The number of piperidine rings is 1. The molecule has 5 amide bonds. The lowest BCUT2D eigenvalue weighted by Crippen LogP contribution is -2.56. The van der Waals surface area contributed by atoms with Crippen molar-refractivity contribution in [3.8, 4) is 5.75 Å². The summed E-state index contributed by atoms with van der Waals surface area (Å²) in [5, 5.41) is 8.46. The number of amides is 5. The van der Waals surface area contributed by atoms with Crippen LogP contribution in [0, 0.1) is 17.2 Å². The van der Waals surface area contributed by atoms with Crippen molar-refractivity contribution in [3.63, 3.8) is 0 Å². The summed E-state index contributed by atoms with van der Waals surface area (Å²) >= 11 is 6.48. The van der Waals surface area contributed by atoms with E-state index in [2.05, 4.69) is 25.8 Å². The molecule has 0 radical (unpaired) electrons. The predicted octanol–water partition coefficient (Wildman–Crippen LogP) is 6.60. The molecule has 5 fully saturated rings. The number of carbonyl (C=O) groups is 5. The van der Waals surface area contributed by atoms with E-state index >= 15 is 9.18 Å². The van der Waals surface area contributed by atoms with E-state index < -0.39 is 59.0 Å². The third-order valence-corrected chi connectivity index (χ3v) is 17.0. The summed E-state index contributed by atoms with van der Waals surface area (Å²) in [6.07, 6.45) is 0.326. The number of hydrogen-bond acceptors (Lipinski definition) is 11. The molecule has 1 saturated carbocycles. The van der Waals surface area contributed by atoms with Crippen LogP contribution < -0.4 is 25.6 Å². The number of methoxy groups -OCH3 is 1. The first kappa shape index (κ1) is 48.0. The van der Waals surface area contributed by atoms with Crippen LogP contribution in [0.25, 0.3) is 0 Å². The highest BCUT2D eigenvalue weighted by atomic mass is 35.5. The maximum absolute atomic E-state index is 16.7. The van der Waals surface area contributed by atoms with Gasteiger partial charge in [-0.25, -0.2) is 4.39 Å². The minimum Gasteiger partial charge on any atom is -0.495 e. The minimum absolute atomic E-state index is 0.00992. The van der Waals surface area contributed by atoms with Gasteiger partial charge in [-0.2, -0.15) is 13.2 Å². The molecule has 6 aliphatic heterocycles. The zero-order chi connectivity index (χ0) is 50.4. The Morgan fingerprint density at radius 1 is 0.986 bits per heavy atom. The number of benzene rings is 3. The number of likely N-dealkylation sites (tertiary alicyclic amines) is 1. The fraction of sp³-hybridized carbons (Fsp3) is 0.462. The summed E-state index contributed by atoms with van der Waals surface area (Å²) in [6.45, 7) is 3.41. The van der Waals surface area contributed by atoms with Crippen LogP contribution >= 0.6 is 11.6 Å². The minimum atomic E-state index is -4.71. The summed E-state index contributed by atoms with van der Waals surface area (Å²) in [4.78, 5) is 78.1. The lowest BCUT2D eigenvalue weighted by molar-refractivity contribution is -0.141. The topological polar surface area (TPSA) is 166 Å². The van der Waals surface area contributed by atoms with Crippen molar-refractivity contribution in [2.75, 3.05) is 75.6 Å². The normalized spacial score (nSPS) is 26.1. The highest BCUT2D eigenvalue weighted by molar-refractivity contribution is 6.30. The van der Waals surface area contributed by atoms with Gasteiger partial charge in [0, 0.05) is 111 Å². The summed E-state index contributed by atoms with van der Waals surface area (Å²) in [6, 6.07) is 13.7. The van der Waals surface area contributed by atoms with E-state index in [0.717, 1.165) is 43.0 Å². The van der Waals surface area contributed by atoms with Gasteiger partial charge in [0.05, 0.1) is 23.9 Å². The number of ether oxygens (including phenoxy) is 2. The Labute approximate surface area is 417 Å². The van der Waals surface area contributed by atoms with Gasteiger partial charge in [0.2, 0.25) is 17.7 Å². The molecule has 0 bridgehead atoms. The van der Waals surface area contributed by atoms with Crippen LogP contribution in [-0.2, 0) is 37.3 Å². The van der Waals surface area contributed by atoms with Crippen molar-refractivity contribution in [3.05, 3.63) is 111 Å². The average molecular weight is 1010 g/mol. The van der Waals surface area contributed by atoms with Crippen molar-refractivity contribution in [2.24, 2.45) is 11.3 Å². The number of aromatic nitrogens is 1. The number of alkyl halides is 3. The standard InChI is InChI=1S/C52H53ClF4N8O7/c1-62-44(42(33-4-3-5-35(53)43(33)54)51(45(62)30-23-50(24-30)12-18-72-19-13-50)27-59-37-22-40(52(55,56)57)58-25-34(37)51)47(68)60-36-9-6-28(21-39(36)71-2)48(69)64-16-14-63(15-17-64)31-7-8-32-29(20-31)26-65(49(32)70)38-10-11-41(66)61-46(38)67/h3-9,20-22,25,30,38,42,44-45,59H,10-19,23-24,26-27H2,1-2H3,(H,60,68)(H,61,66,67)/t38-,42-,44+,45-,51+/m0/s1. The monoisotopic (exact) mass is 1010 g/mol. The number of anilines is 3. The molecule has 7 heterocycles. The van der Waals surface area contributed by atoms with Crippen molar-refractivity contribution < 1.29 is 51.0 Å². The van der Waals surface area contributed by atoms with Gasteiger partial charge in [-0.15, -0.1) is 0 Å². The van der Waals surface area contributed by atoms with Crippen LogP contribution in [0.1, 0.15) is 87.5 Å². The van der Waals surface area contributed by atoms with Crippen molar-refractivity contribution in [1.82, 2.24) is 25.0 Å². The molecule has 4 aromatic rings. The number of likely N-dealkylation sites (N-methyl/N-ethyl adjacent to an activating group) is 1. The number of piperazine rings is 1. The van der Waals surface area contributed by atoms with Gasteiger partial charge in [0.15, 0.2) is 0 Å². The third kappa shape index (κ3) is 7.93. The second kappa shape index (κ2) is 18.0. The molecule has 20 heteroatoms. The average Bonchev–Trinajstić information content (AvgIpc) is 3.98. The Morgan fingerprint density at radius 3 is 2.47 bits per heavy atom. The number of carbonyl (C=O) groups excluding carboxylic acids is 5. The molecule has 2 spiro atoms. The van der Waals surface area contributed by atoms with Gasteiger partial charge in [0.1, 0.15) is 23.3 Å². The number of rotatable bonds is 8. The summed E-state index contributed by atoms with van der Waals surface area (Å²) in [5.41, 5.74) is 1.47. The molecule has 72 heavy (non-hydrogen) atoms. The van der Waals surface area contributed by atoms with Crippen molar-refractivity contribution >= 4 is 58.2 Å². The second-order valence-corrected chi connectivity index (χ2v) is 20.8. The largest absolute Gasteiger partial charge is 0.495 e. The van der Waals surface area contributed by atoms with E-state index in [1.165, 1.54) is 24.3 Å². The zero-order valence-electron chi connectivity index (χ0n) is 39.6. The first-order valence-electron chi connectivity index (χ1n) is 24.4. The Balaban J connectivity index is 0.838. The van der Waals surface area contributed by atoms with Gasteiger partial charge in [-0.1, -0.05) is 23.7 Å². The number of halogens is 5. The fourth-order valence-corrected chi connectivity index (χ4v) is 13.5. The molecular weight excluding hydrogens is 960 g/mol. The Bertz CT molecular complexity index is 2900. The van der Waals surface area contributed by atoms with Gasteiger partial charge in [-0.05, 0) is 110 Å². The van der Waals surface area contributed by atoms with Gasteiger partial charge >= 0.3 is 6.18 Å². The van der Waals surface area contributed by atoms with E-state index in [1.54, 1.807) is 41.3 Å². The number of pyridine rings is 1. The van der Waals surface area contributed by atoms with Crippen LogP contribution in [0.15, 0.2) is 66.9 Å². The molecule has 7 aliphatic rings. The number of fused-ring (bicyclic) bond motifs is 3. The Hall–Kier alpha value is -6.31. The molecule has 11 rings (SSSR count). The van der Waals surface area contributed by atoms with Crippen molar-refractivity contribution in [1.29, 1.82) is 0 Å². The predicted molar refractivity (Wildman–Crippen MR) is 256 cm³/mol. The first-order chi connectivity index (χ1) is 34.5. The highest BCUT2D eigenvalue weighted by Gasteiger charge is 2.68. The molecule has 378 valence electrons. The zero-order valence-corrected chi connectivity index (χ0v) is 40.4. The molecule has 3 aromatic carbocycles. The number of hydrogen-bond donors (Lipinski definition) is 3. The fourth-order valence-electron chi connectivity index (χ4n) is 13.3. The smallest absolute Gasteiger partial charge is 0.433 e. The maximum atomic E-state index is 16.7. The highest BCUT2D eigenvalue weighted by Crippen LogP contribution is 2.65. The molecule has 15 nitrogen and oxygen atoms in total. The Morgan fingerprint density at radius 2 is 1.75 bits per heavy atom. The molecule has 5 atom stereocenters. The lowest BCUT2D eigenvalue weighted by Gasteiger charge is -2.56. The van der Waals surface area contributed by atoms with E-state index in [9.17, 15) is 32.3 Å². The molecule has 1 aliphatic carbocycles. The summed E-state index contributed by atoms with van der Waals surface area (Å²) < 4.78 is 70.5. The quantitative estimate of drug-likeness (QED) is 0.129. The number of imide groups is 1. The second-order valence-electron chi connectivity index (χ2n) is 20.4. The van der Waals surface area contributed by atoms with Gasteiger partial charge < -0.3 is 34.8 Å². The third-order valence-electron chi connectivity index (χ3n) is 16.7. The van der Waals surface area contributed by atoms with Crippen LogP contribution in [0.2, 0.25) is 5.02 Å². The van der Waals surface area contributed by atoms with E-state index in [-0.39, 0.29) is 82.7 Å². The molecular formula is C52H53ClF4N8O7. The number of nitrogens with one attached hydrogen (secondary N) is 3. The lowest BCUT2D eigenvalue weighted by atomic mass is 9.51. The SMILES string of the molecule is COc1cc(C(=O)N2CCN(c3ccc4c(c3)CN([C@H]3CCC(=O)NC3=O)C4=O)CC2)ccc1NC(=O)[C@H]1[C@H](c2cccc(Cl)c2F)[C@]2(CNc3cc(C(F)(F)F)ncc32)[C@H](C2CC3(CCOCC3)C2)N1C. The van der Waals surface area contributed by atoms with Gasteiger partial charge in [-0.3, -0.25) is 39.2 Å². The molecule has 0 unspecified atom stereocenters. The van der Waals surface area contributed by atoms with E-state index in [4.69, 9.17) is 21.1 Å². The Kier molecular flexibility index (Phi) is 12.0. The molecule has 3 N–H and O–H groups in total. The van der Waals surface area contributed by atoms with E-state index in [0.29, 0.717) is 56.1 Å². The van der Waals surface area contributed by atoms with Gasteiger partial charge in [0.25, 0.3) is 11.8 Å². The van der Waals surface area contributed by atoms with Crippen LogP contribution in [0.5, 0.6) is 5.75 Å². The number of nitrogens with zero attached hydrogens (tertiary/aromatic N) is 5. The summed E-state index contributed by atoms with van der Waals surface area (Å²) in [7, 11) is 3.25. The first-order valence-corrected chi connectivity index (χ1v) is 24.7.